The van der Waals surface area contributed by atoms with E-state index in [0.29, 0.717) is 13.2 Å². The molecule has 1 heterocycles. The first kappa shape index (κ1) is 21.5. The van der Waals surface area contributed by atoms with Crippen LogP contribution in [0, 0.1) is 12.3 Å². The van der Waals surface area contributed by atoms with Crippen molar-refractivity contribution in [2.75, 3.05) is 33.4 Å². The van der Waals surface area contributed by atoms with Gasteiger partial charge in [0.2, 0.25) is 0 Å². The Kier molecular flexibility index (Phi) is 7.50. The molecule has 0 bridgehead atoms. The number of aliphatic hydroxyl groups is 1. The molecule has 1 aliphatic heterocycles. The van der Waals surface area contributed by atoms with Crippen LogP contribution in [0.1, 0.15) is 44.7 Å². The van der Waals surface area contributed by atoms with Gasteiger partial charge in [-0.3, -0.25) is 4.99 Å². The number of nitrogens with zero attached hydrogens (tertiary/aromatic N) is 1. The Hall–Kier alpha value is -1.79. The molecule has 0 saturated carbocycles. The van der Waals surface area contributed by atoms with Crippen molar-refractivity contribution in [3.63, 3.8) is 0 Å². The number of hydrogen-bond acceptors (Lipinski definition) is 4. The minimum atomic E-state index is -0.248. The van der Waals surface area contributed by atoms with Crippen LogP contribution in [0.2, 0.25) is 0 Å². The van der Waals surface area contributed by atoms with E-state index in [1.165, 1.54) is 5.56 Å². The number of aryl methyl sites for hydroxylation is 1. The molecular weight excluding hydrogens is 342 g/mol. The molecule has 3 N–H and O–H groups in total. The Morgan fingerprint density at radius 1 is 1.33 bits per heavy atom. The fourth-order valence-corrected chi connectivity index (χ4v) is 3.22. The average molecular weight is 378 g/mol. The van der Waals surface area contributed by atoms with E-state index in [1.54, 1.807) is 7.05 Å². The first-order chi connectivity index (χ1) is 12.8. The quantitative estimate of drug-likeness (QED) is 0.503. The molecule has 1 aliphatic rings. The van der Waals surface area contributed by atoms with Crippen molar-refractivity contribution in [1.82, 2.24) is 10.6 Å². The van der Waals surface area contributed by atoms with Gasteiger partial charge >= 0.3 is 0 Å². The number of nitrogens with one attached hydrogen (secondary N) is 2. The third-order valence-electron chi connectivity index (χ3n) is 4.77. The molecular formula is C21H35N3O3. The predicted molar refractivity (Wildman–Crippen MR) is 109 cm³/mol. The molecule has 1 aromatic carbocycles. The van der Waals surface area contributed by atoms with Crippen LogP contribution in [0.25, 0.3) is 0 Å². The van der Waals surface area contributed by atoms with E-state index >= 15 is 0 Å². The highest BCUT2D eigenvalue weighted by Crippen LogP contribution is 2.31. The van der Waals surface area contributed by atoms with Gasteiger partial charge in [0.15, 0.2) is 5.96 Å². The summed E-state index contributed by atoms with van der Waals surface area (Å²) in [5.74, 6) is 1.63. The van der Waals surface area contributed by atoms with Gasteiger partial charge in [-0.1, -0.05) is 12.1 Å². The largest absolute Gasteiger partial charge is 0.488 e. The minimum absolute atomic E-state index is 0.0171. The molecule has 1 fully saturated rings. The van der Waals surface area contributed by atoms with Gasteiger partial charge < -0.3 is 25.2 Å². The summed E-state index contributed by atoms with van der Waals surface area (Å²) < 4.78 is 11.7. The third-order valence-corrected chi connectivity index (χ3v) is 4.77. The maximum atomic E-state index is 9.37. The lowest BCUT2D eigenvalue weighted by molar-refractivity contribution is 0.127. The Morgan fingerprint density at radius 2 is 2.11 bits per heavy atom. The van der Waals surface area contributed by atoms with Gasteiger partial charge in [-0.15, -0.1) is 0 Å². The zero-order valence-corrected chi connectivity index (χ0v) is 17.4. The van der Waals surface area contributed by atoms with Crippen LogP contribution >= 0.6 is 0 Å². The van der Waals surface area contributed by atoms with Crippen molar-refractivity contribution in [3.05, 3.63) is 29.3 Å². The van der Waals surface area contributed by atoms with E-state index in [0.717, 1.165) is 43.3 Å². The molecule has 6 nitrogen and oxygen atoms in total. The zero-order chi connectivity index (χ0) is 19.9. The number of guanidine groups is 1. The lowest BCUT2D eigenvalue weighted by Crippen LogP contribution is -2.44. The summed E-state index contributed by atoms with van der Waals surface area (Å²) in [5.41, 5.74) is 2.00. The Balaban J connectivity index is 1.98. The van der Waals surface area contributed by atoms with Crippen LogP contribution in [-0.4, -0.2) is 50.1 Å². The van der Waals surface area contributed by atoms with Gasteiger partial charge in [0.25, 0.3) is 0 Å². The summed E-state index contributed by atoms with van der Waals surface area (Å²) in [5, 5.41) is 16.1. The van der Waals surface area contributed by atoms with Gasteiger partial charge in [0.1, 0.15) is 11.4 Å². The van der Waals surface area contributed by atoms with E-state index in [2.05, 4.69) is 61.5 Å². The van der Waals surface area contributed by atoms with Crippen molar-refractivity contribution in [2.24, 2.45) is 10.4 Å². The second kappa shape index (κ2) is 9.42. The van der Waals surface area contributed by atoms with Gasteiger partial charge in [-0.05, 0) is 52.2 Å². The zero-order valence-electron chi connectivity index (χ0n) is 17.4. The molecule has 0 aliphatic carbocycles. The summed E-state index contributed by atoms with van der Waals surface area (Å²) in [7, 11) is 1.76. The predicted octanol–water partition coefficient (Wildman–Crippen LogP) is 2.63. The Bertz CT molecular complexity index is 632. The first-order valence-corrected chi connectivity index (χ1v) is 9.69. The molecule has 0 radical (unpaired) electrons. The first-order valence-electron chi connectivity index (χ1n) is 9.69. The van der Waals surface area contributed by atoms with Crippen molar-refractivity contribution >= 4 is 5.96 Å². The maximum Gasteiger partial charge on any atom is 0.191 e. The number of rotatable bonds is 7. The number of benzene rings is 1. The average Bonchev–Trinajstić information content (AvgIpc) is 3.04. The van der Waals surface area contributed by atoms with E-state index < -0.39 is 0 Å². The normalized spacial score (nSPS) is 20.6. The van der Waals surface area contributed by atoms with Gasteiger partial charge in [0, 0.05) is 44.3 Å². The maximum absolute atomic E-state index is 9.37. The number of aliphatic hydroxyl groups excluding tert-OH is 1. The number of ether oxygens (including phenoxy) is 2. The van der Waals surface area contributed by atoms with E-state index in [1.807, 2.05) is 0 Å². The highest BCUT2D eigenvalue weighted by atomic mass is 16.5. The van der Waals surface area contributed by atoms with E-state index in [4.69, 9.17) is 9.47 Å². The molecule has 0 spiro atoms. The topological polar surface area (TPSA) is 75.1 Å². The molecule has 1 unspecified atom stereocenters. The van der Waals surface area contributed by atoms with Gasteiger partial charge in [-0.2, -0.15) is 0 Å². The van der Waals surface area contributed by atoms with E-state index in [9.17, 15) is 5.11 Å². The summed E-state index contributed by atoms with van der Waals surface area (Å²) in [6, 6.07) is 6.26. The molecule has 0 amide bonds. The molecule has 0 aromatic heterocycles. The third kappa shape index (κ3) is 6.70. The number of hydrogen-bond donors (Lipinski definition) is 3. The van der Waals surface area contributed by atoms with Crippen LogP contribution in [0.5, 0.6) is 5.75 Å². The second-order valence-electron chi connectivity index (χ2n) is 8.38. The van der Waals surface area contributed by atoms with Crippen LogP contribution in [0.4, 0.5) is 0 Å². The fourth-order valence-electron chi connectivity index (χ4n) is 3.22. The minimum Gasteiger partial charge on any atom is -0.488 e. The van der Waals surface area contributed by atoms with Crippen LogP contribution in [-0.2, 0) is 11.3 Å². The Morgan fingerprint density at radius 3 is 2.70 bits per heavy atom. The standard InChI is InChI=1S/C21H35N3O3/c1-16-6-7-17(18(12-16)27-20(2,3)4)13-23-19(22-5)24-14-21(8-10-25)9-11-26-15-21/h6-7,12,25H,8-11,13-15H2,1-5H3,(H2,22,23,24). The summed E-state index contributed by atoms with van der Waals surface area (Å²) >= 11 is 0. The lowest BCUT2D eigenvalue weighted by Gasteiger charge is -2.28. The lowest BCUT2D eigenvalue weighted by atomic mass is 9.84. The monoisotopic (exact) mass is 377 g/mol. The van der Waals surface area contributed by atoms with Crippen molar-refractivity contribution < 1.29 is 14.6 Å². The molecule has 2 rings (SSSR count). The second-order valence-corrected chi connectivity index (χ2v) is 8.38. The smallest absolute Gasteiger partial charge is 0.191 e. The van der Waals surface area contributed by atoms with Gasteiger partial charge in [-0.25, -0.2) is 0 Å². The van der Waals surface area contributed by atoms with Crippen LogP contribution < -0.4 is 15.4 Å². The SMILES string of the molecule is CN=C(NCc1ccc(C)cc1OC(C)(C)C)NCC1(CCO)CCOC1. The van der Waals surface area contributed by atoms with Gasteiger partial charge in [0.05, 0.1) is 6.61 Å². The van der Waals surface area contributed by atoms with Crippen molar-refractivity contribution in [2.45, 2.75) is 52.7 Å². The molecule has 1 atom stereocenters. The molecule has 1 aromatic rings. The fraction of sp³-hybridized carbons (Fsp3) is 0.667. The molecule has 1 saturated heterocycles. The molecule has 6 heteroatoms. The number of aliphatic imine (C=N–C) groups is 1. The highest BCUT2D eigenvalue weighted by molar-refractivity contribution is 5.79. The Labute approximate surface area is 163 Å². The van der Waals surface area contributed by atoms with Crippen molar-refractivity contribution in [1.29, 1.82) is 0 Å². The summed E-state index contributed by atoms with van der Waals surface area (Å²) in [6.07, 6.45) is 1.69. The van der Waals surface area contributed by atoms with Crippen molar-refractivity contribution in [3.8, 4) is 5.75 Å². The molecule has 152 valence electrons. The van der Waals surface area contributed by atoms with E-state index in [-0.39, 0.29) is 17.6 Å². The summed E-state index contributed by atoms with van der Waals surface area (Å²) in [4.78, 5) is 4.33. The van der Waals surface area contributed by atoms with Crippen LogP contribution in [0.3, 0.4) is 0 Å². The highest BCUT2D eigenvalue weighted by Gasteiger charge is 2.34. The van der Waals surface area contributed by atoms with Crippen LogP contribution in [0.15, 0.2) is 23.2 Å². The molecule has 27 heavy (non-hydrogen) atoms. The summed E-state index contributed by atoms with van der Waals surface area (Å²) in [6.45, 7) is 11.2.